The Morgan fingerprint density at radius 1 is 1.43 bits per heavy atom. The molecule has 72 valence electrons. The van der Waals surface area contributed by atoms with Gasteiger partial charge in [0.15, 0.2) is 0 Å². The smallest absolute Gasteiger partial charge is 0.101 e. The lowest BCUT2D eigenvalue weighted by molar-refractivity contribution is 0.445. The van der Waals surface area contributed by atoms with E-state index >= 15 is 0 Å². The predicted octanol–water partition coefficient (Wildman–Crippen LogP) is 3.18. The van der Waals surface area contributed by atoms with Crippen LogP contribution in [0.5, 0.6) is 0 Å². The first kappa shape index (κ1) is 9.36. The fourth-order valence-corrected chi connectivity index (χ4v) is 1.65. The van der Waals surface area contributed by atoms with Gasteiger partial charge in [0.05, 0.1) is 10.6 Å². The van der Waals surface area contributed by atoms with Crippen molar-refractivity contribution in [1.29, 1.82) is 5.26 Å². The third-order valence-corrected chi connectivity index (χ3v) is 2.89. The van der Waals surface area contributed by atoms with Crippen LogP contribution in [0, 0.1) is 11.3 Å². The molecule has 1 saturated carbocycles. The molecule has 1 fully saturated rings. The van der Waals surface area contributed by atoms with Crippen molar-refractivity contribution < 1.29 is 0 Å². The molecular weight excluding hydrogens is 196 g/mol. The number of nitriles is 1. The molecule has 14 heavy (non-hydrogen) atoms. The summed E-state index contributed by atoms with van der Waals surface area (Å²) in [5.41, 5.74) is 1.53. The minimum atomic E-state index is 0.520. The van der Waals surface area contributed by atoms with E-state index in [0.29, 0.717) is 16.6 Å². The van der Waals surface area contributed by atoms with Gasteiger partial charge >= 0.3 is 0 Å². The van der Waals surface area contributed by atoms with E-state index in [9.17, 15) is 0 Å². The van der Waals surface area contributed by atoms with E-state index in [0.717, 1.165) is 5.69 Å². The van der Waals surface area contributed by atoms with Crippen molar-refractivity contribution in [3.8, 4) is 6.07 Å². The summed E-state index contributed by atoms with van der Waals surface area (Å²) >= 11 is 5.83. The van der Waals surface area contributed by atoms with E-state index in [-0.39, 0.29) is 0 Å². The molecule has 2 nitrogen and oxygen atoms in total. The third kappa shape index (κ3) is 1.83. The van der Waals surface area contributed by atoms with Gasteiger partial charge in [-0.3, -0.25) is 0 Å². The van der Waals surface area contributed by atoms with Crippen LogP contribution >= 0.6 is 11.6 Å². The zero-order valence-corrected chi connectivity index (χ0v) is 8.51. The van der Waals surface area contributed by atoms with E-state index in [1.165, 1.54) is 19.3 Å². The van der Waals surface area contributed by atoms with Crippen LogP contribution in [0.25, 0.3) is 0 Å². The fraction of sp³-hybridized carbons (Fsp3) is 0.364. The number of rotatable bonds is 2. The monoisotopic (exact) mass is 206 g/mol. The summed E-state index contributed by atoms with van der Waals surface area (Å²) in [5, 5.41) is 12.7. The van der Waals surface area contributed by atoms with Crippen LogP contribution in [0.15, 0.2) is 18.2 Å². The van der Waals surface area contributed by atoms with Gasteiger partial charge in [0, 0.05) is 11.7 Å². The fourth-order valence-electron chi connectivity index (χ4n) is 1.49. The van der Waals surface area contributed by atoms with Gasteiger partial charge in [-0.15, -0.1) is 0 Å². The number of hydrogen-bond acceptors (Lipinski definition) is 2. The highest BCUT2D eigenvalue weighted by Crippen LogP contribution is 2.25. The Morgan fingerprint density at radius 3 is 2.79 bits per heavy atom. The van der Waals surface area contributed by atoms with Crippen LogP contribution in [-0.4, -0.2) is 6.04 Å². The van der Waals surface area contributed by atoms with Crippen molar-refractivity contribution in [2.75, 3.05) is 5.32 Å². The molecular formula is C11H11ClN2. The molecule has 1 aromatic carbocycles. The van der Waals surface area contributed by atoms with Crippen LogP contribution in [0.1, 0.15) is 24.8 Å². The Morgan fingerprint density at radius 2 is 2.21 bits per heavy atom. The standard InChI is InChI=1S/C11H11ClN2/c12-11-5-4-10(6-8(11)7-13)14-9-2-1-3-9/h4-6,9,14H,1-3H2. The summed E-state index contributed by atoms with van der Waals surface area (Å²) in [6, 6.07) is 8.15. The number of anilines is 1. The average molecular weight is 207 g/mol. The van der Waals surface area contributed by atoms with Crippen molar-refractivity contribution in [3.63, 3.8) is 0 Å². The first-order valence-electron chi connectivity index (χ1n) is 4.76. The van der Waals surface area contributed by atoms with Gasteiger partial charge in [-0.2, -0.15) is 5.26 Å². The second-order valence-electron chi connectivity index (χ2n) is 3.58. The topological polar surface area (TPSA) is 35.8 Å². The molecule has 0 aliphatic heterocycles. The van der Waals surface area contributed by atoms with E-state index in [4.69, 9.17) is 16.9 Å². The molecule has 1 N–H and O–H groups in total. The third-order valence-electron chi connectivity index (χ3n) is 2.56. The SMILES string of the molecule is N#Cc1cc(NC2CCC2)ccc1Cl. The number of halogens is 1. The maximum atomic E-state index is 8.79. The zero-order valence-electron chi connectivity index (χ0n) is 7.76. The highest BCUT2D eigenvalue weighted by atomic mass is 35.5. The van der Waals surface area contributed by atoms with Crippen molar-refractivity contribution in [2.24, 2.45) is 0 Å². The number of hydrogen-bond donors (Lipinski definition) is 1. The predicted molar refractivity (Wildman–Crippen MR) is 57.4 cm³/mol. The molecule has 0 radical (unpaired) electrons. The minimum Gasteiger partial charge on any atom is -0.382 e. The lowest BCUT2D eigenvalue weighted by atomic mass is 9.93. The van der Waals surface area contributed by atoms with Crippen LogP contribution in [0.2, 0.25) is 5.02 Å². The summed E-state index contributed by atoms with van der Waals surface area (Å²) in [6.45, 7) is 0. The van der Waals surface area contributed by atoms with Crippen LogP contribution < -0.4 is 5.32 Å². The van der Waals surface area contributed by atoms with E-state index in [1.807, 2.05) is 6.07 Å². The van der Waals surface area contributed by atoms with Crippen LogP contribution in [-0.2, 0) is 0 Å². The molecule has 0 unspecified atom stereocenters. The van der Waals surface area contributed by atoms with E-state index < -0.39 is 0 Å². The van der Waals surface area contributed by atoms with Crippen LogP contribution in [0.3, 0.4) is 0 Å². The van der Waals surface area contributed by atoms with Crippen molar-refractivity contribution >= 4 is 17.3 Å². The second kappa shape index (κ2) is 3.89. The first-order chi connectivity index (χ1) is 6.79. The Kier molecular flexibility index (Phi) is 2.60. The van der Waals surface area contributed by atoms with Gasteiger partial charge in [0.25, 0.3) is 0 Å². The molecule has 0 saturated heterocycles. The molecule has 0 amide bonds. The summed E-state index contributed by atoms with van der Waals surface area (Å²) in [5.74, 6) is 0. The van der Waals surface area contributed by atoms with Gasteiger partial charge in [0.1, 0.15) is 6.07 Å². The second-order valence-corrected chi connectivity index (χ2v) is 3.99. The van der Waals surface area contributed by atoms with Gasteiger partial charge in [-0.1, -0.05) is 11.6 Å². The Balaban J connectivity index is 2.14. The summed E-state index contributed by atoms with van der Waals surface area (Å²) in [7, 11) is 0. The number of nitrogens with one attached hydrogen (secondary N) is 1. The molecule has 0 heterocycles. The van der Waals surface area contributed by atoms with Crippen molar-refractivity contribution in [3.05, 3.63) is 28.8 Å². The van der Waals surface area contributed by atoms with Gasteiger partial charge < -0.3 is 5.32 Å². The van der Waals surface area contributed by atoms with Crippen molar-refractivity contribution in [2.45, 2.75) is 25.3 Å². The quantitative estimate of drug-likeness (QED) is 0.807. The number of nitrogens with zero attached hydrogens (tertiary/aromatic N) is 1. The highest BCUT2D eigenvalue weighted by molar-refractivity contribution is 6.31. The van der Waals surface area contributed by atoms with Gasteiger partial charge in [-0.25, -0.2) is 0 Å². The Hall–Kier alpha value is -1.20. The molecule has 0 aromatic heterocycles. The molecule has 0 atom stereocenters. The van der Waals surface area contributed by atoms with E-state index in [2.05, 4.69) is 11.4 Å². The van der Waals surface area contributed by atoms with Crippen molar-refractivity contribution in [1.82, 2.24) is 0 Å². The first-order valence-corrected chi connectivity index (χ1v) is 5.13. The summed E-state index contributed by atoms with van der Waals surface area (Å²) in [4.78, 5) is 0. The lowest BCUT2D eigenvalue weighted by Gasteiger charge is -2.27. The molecule has 1 aromatic rings. The van der Waals surface area contributed by atoms with Gasteiger partial charge in [0.2, 0.25) is 0 Å². The Bertz CT molecular complexity index is 377. The minimum absolute atomic E-state index is 0.520. The van der Waals surface area contributed by atoms with E-state index in [1.54, 1.807) is 12.1 Å². The van der Waals surface area contributed by atoms with Crippen LogP contribution in [0.4, 0.5) is 5.69 Å². The molecule has 1 aliphatic rings. The summed E-state index contributed by atoms with van der Waals surface area (Å²) < 4.78 is 0. The molecule has 1 aliphatic carbocycles. The summed E-state index contributed by atoms with van der Waals surface area (Å²) in [6.07, 6.45) is 3.76. The zero-order chi connectivity index (χ0) is 9.97. The Labute approximate surface area is 88.5 Å². The lowest BCUT2D eigenvalue weighted by Crippen LogP contribution is -2.26. The maximum Gasteiger partial charge on any atom is 0.101 e. The molecule has 0 bridgehead atoms. The normalized spacial score (nSPS) is 15.7. The van der Waals surface area contributed by atoms with Gasteiger partial charge in [-0.05, 0) is 37.5 Å². The molecule has 3 heteroatoms. The largest absolute Gasteiger partial charge is 0.382 e. The molecule has 0 spiro atoms. The molecule has 2 rings (SSSR count). The number of benzene rings is 1. The average Bonchev–Trinajstić information content (AvgIpc) is 2.14. The maximum absolute atomic E-state index is 8.79. The highest BCUT2D eigenvalue weighted by Gasteiger charge is 2.16.